The molecule has 0 radical (unpaired) electrons. The number of fused-ring (bicyclic) bond motifs is 1. The Morgan fingerprint density at radius 3 is 3.06 bits per heavy atom. The van der Waals surface area contributed by atoms with E-state index in [1.54, 1.807) is 0 Å². The lowest BCUT2D eigenvalue weighted by molar-refractivity contribution is -0.139. The number of benzene rings is 1. The number of ether oxygens (including phenoxy) is 1. The number of carboxylic acid groups (broad SMARTS) is 1. The van der Waals surface area contributed by atoms with Crippen LogP contribution in [0.4, 0.5) is 0 Å². The summed E-state index contributed by atoms with van der Waals surface area (Å²) in [5, 5.41) is 8.72. The molecule has 0 bridgehead atoms. The summed E-state index contributed by atoms with van der Waals surface area (Å²) >= 11 is 0. The fourth-order valence-electron chi connectivity index (χ4n) is 2.06. The fraction of sp³-hybridized carbons (Fsp3) is 0.462. The first-order valence-corrected chi connectivity index (χ1v) is 5.69. The van der Waals surface area contributed by atoms with E-state index in [9.17, 15) is 4.79 Å². The van der Waals surface area contributed by atoms with Gasteiger partial charge in [0, 0.05) is 0 Å². The molecule has 1 N–H and O–H groups in total. The summed E-state index contributed by atoms with van der Waals surface area (Å²) in [5.41, 5.74) is 2.51. The van der Waals surface area contributed by atoms with Crippen LogP contribution in [-0.2, 0) is 17.6 Å². The summed E-state index contributed by atoms with van der Waals surface area (Å²) in [6, 6.07) is 6.16. The highest BCUT2D eigenvalue weighted by Crippen LogP contribution is 2.29. The largest absolute Gasteiger partial charge is 0.490 e. The Hall–Kier alpha value is -1.51. The maximum Gasteiger partial charge on any atom is 0.307 e. The summed E-state index contributed by atoms with van der Waals surface area (Å²) in [4.78, 5) is 10.6. The molecule has 1 aromatic rings. The quantitative estimate of drug-likeness (QED) is 0.850. The van der Waals surface area contributed by atoms with Crippen LogP contribution in [-0.4, -0.2) is 17.2 Å². The van der Waals surface area contributed by atoms with E-state index in [1.807, 2.05) is 12.1 Å². The lowest BCUT2D eigenvalue weighted by atomic mass is 9.98. The van der Waals surface area contributed by atoms with Crippen molar-refractivity contribution in [2.24, 2.45) is 0 Å². The Balaban J connectivity index is 2.12. The van der Waals surface area contributed by atoms with Crippen LogP contribution in [0.15, 0.2) is 18.2 Å². The van der Waals surface area contributed by atoms with Gasteiger partial charge < -0.3 is 9.84 Å². The van der Waals surface area contributed by atoms with E-state index in [0.29, 0.717) is 0 Å². The van der Waals surface area contributed by atoms with Gasteiger partial charge in [0.1, 0.15) is 11.9 Å². The van der Waals surface area contributed by atoms with Crippen molar-refractivity contribution in [3.63, 3.8) is 0 Å². The number of hydrogen-bond acceptors (Lipinski definition) is 2. The first-order chi connectivity index (χ1) is 7.69. The van der Waals surface area contributed by atoms with Crippen LogP contribution in [0.1, 0.15) is 30.9 Å². The molecule has 16 heavy (non-hydrogen) atoms. The number of aliphatic carboxylic acids is 1. The second kappa shape index (κ2) is 4.56. The zero-order chi connectivity index (χ0) is 11.5. The van der Waals surface area contributed by atoms with E-state index in [-0.39, 0.29) is 12.5 Å². The van der Waals surface area contributed by atoms with Gasteiger partial charge in [-0.2, -0.15) is 0 Å². The predicted molar refractivity (Wildman–Crippen MR) is 60.8 cm³/mol. The van der Waals surface area contributed by atoms with E-state index < -0.39 is 5.97 Å². The van der Waals surface area contributed by atoms with Crippen LogP contribution in [0.2, 0.25) is 0 Å². The minimum absolute atomic E-state index is 0.0922. The lowest BCUT2D eigenvalue weighted by Crippen LogP contribution is -2.25. The molecule has 0 amide bonds. The first-order valence-electron chi connectivity index (χ1n) is 5.69. The van der Waals surface area contributed by atoms with Gasteiger partial charge in [-0.3, -0.25) is 4.79 Å². The molecule has 1 aliphatic rings. The van der Waals surface area contributed by atoms with Crippen LogP contribution in [0.25, 0.3) is 0 Å². The highest BCUT2D eigenvalue weighted by Gasteiger charge is 2.21. The molecule has 86 valence electrons. The molecule has 1 atom stereocenters. The van der Waals surface area contributed by atoms with Crippen molar-refractivity contribution in [2.45, 2.75) is 38.7 Å². The normalized spacial score (nSPS) is 18.7. The van der Waals surface area contributed by atoms with Crippen molar-refractivity contribution in [2.75, 3.05) is 0 Å². The van der Waals surface area contributed by atoms with Crippen LogP contribution < -0.4 is 4.74 Å². The molecule has 0 aromatic heterocycles. The van der Waals surface area contributed by atoms with E-state index in [2.05, 4.69) is 13.0 Å². The maximum atomic E-state index is 10.6. The van der Waals surface area contributed by atoms with Gasteiger partial charge in [-0.1, -0.05) is 19.1 Å². The fourth-order valence-corrected chi connectivity index (χ4v) is 2.06. The number of carboxylic acids is 1. The van der Waals surface area contributed by atoms with Crippen molar-refractivity contribution in [1.82, 2.24) is 0 Å². The molecule has 2 rings (SSSR count). The SMILES string of the molecule is CCc1ccc2c(c1)CCC(CC(=O)O)O2. The van der Waals surface area contributed by atoms with E-state index in [1.165, 1.54) is 11.1 Å². The molecule has 0 fully saturated rings. The number of hydrogen-bond donors (Lipinski definition) is 1. The average molecular weight is 220 g/mol. The topological polar surface area (TPSA) is 46.5 Å². The van der Waals surface area contributed by atoms with E-state index in [0.717, 1.165) is 25.0 Å². The molecule has 0 saturated carbocycles. The molecule has 3 heteroatoms. The second-order valence-electron chi connectivity index (χ2n) is 4.17. The molecule has 0 spiro atoms. The minimum atomic E-state index is -0.793. The Morgan fingerprint density at radius 2 is 2.38 bits per heavy atom. The van der Waals surface area contributed by atoms with Crippen molar-refractivity contribution >= 4 is 5.97 Å². The Morgan fingerprint density at radius 1 is 1.56 bits per heavy atom. The second-order valence-corrected chi connectivity index (χ2v) is 4.17. The van der Waals surface area contributed by atoms with Gasteiger partial charge in [0.15, 0.2) is 0 Å². The number of carbonyl (C=O) groups is 1. The van der Waals surface area contributed by atoms with Crippen molar-refractivity contribution in [3.05, 3.63) is 29.3 Å². The van der Waals surface area contributed by atoms with E-state index >= 15 is 0 Å². The third-order valence-corrected chi connectivity index (χ3v) is 2.96. The molecular formula is C13H16O3. The molecule has 1 heterocycles. The van der Waals surface area contributed by atoms with Crippen LogP contribution in [0.5, 0.6) is 5.75 Å². The molecule has 1 aromatic carbocycles. The van der Waals surface area contributed by atoms with Crippen molar-refractivity contribution in [1.29, 1.82) is 0 Å². The monoisotopic (exact) mass is 220 g/mol. The lowest BCUT2D eigenvalue weighted by Gasteiger charge is -2.25. The van der Waals surface area contributed by atoms with Crippen molar-refractivity contribution < 1.29 is 14.6 Å². The highest BCUT2D eigenvalue weighted by atomic mass is 16.5. The highest BCUT2D eigenvalue weighted by molar-refractivity contribution is 5.67. The number of rotatable bonds is 3. The van der Waals surface area contributed by atoms with Crippen LogP contribution in [0.3, 0.4) is 0 Å². The van der Waals surface area contributed by atoms with Crippen molar-refractivity contribution in [3.8, 4) is 5.75 Å². The maximum absolute atomic E-state index is 10.6. The summed E-state index contributed by atoms with van der Waals surface area (Å²) in [7, 11) is 0. The van der Waals surface area contributed by atoms with E-state index in [4.69, 9.17) is 9.84 Å². The average Bonchev–Trinajstić information content (AvgIpc) is 2.27. The van der Waals surface area contributed by atoms with Crippen LogP contribution in [0, 0.1) is 0 Å². The van der Waals surface area contributed by atoms with Gasteiger partial charge in [0.05, 0.1) is 6.42 Å². The summed E-state index contributed by atoms with van der Waals surface area (Å²) in [6.45, 7) is 2.12. The van der Waals surface area contributed by atoms with Gasteiger partial charge in [-0.25, -0.2) is 0 Å². The molecule has 1 unspecified atom stereocenters. The molecule has 3 nitrogen and oxygen atoms in total. The van der Waals surface area contributed by atoms with Crippen LogP contribution >= 0.6 is 0 Å². The Labute approximate surface area is 95.0 Å². The van der Waals surface area contributed by atoms with Gasteiger partial charge in [-0.05, 0) is 36.5 Å². The number of aryl methyl sites for hydroxylation is 2. The minimum Gasteiger partial charge on any atom is -0.490 e. The summed E-state index contributed by atoms with van der Waals surface area (Å²) in [6.07, 6.45) is 2.66. The van der Waals surface area contributed by atoms with Gasteiger partial charge in [-0.15, -0.1) is 0 Å². The third-order valence-electron chi connectivity index (χ3n) is 2.96. The molecular weight excluding hydrogens is 204 g/mol. The standard InChI is InChI=1S/C13H16O3/c1-2-9-3-6-12-10(7-9)4-5-11(16-12)8-13(14)15/h3,6-7,11H,2,4-5,8H2,1H3,(H,14,15). The van der Waals surface area contributed by atoms with Gasteiger partial charge in [0.2, 0.25) is 0 Å². The molecule has 0 aliphatic carbocycles. The van der Waals surface area contributed by atoms with Gasteiger partial charge in [0.25, 0.3) is 0 Å². The smallest absolute Gasteiger partial charge is 0.307 e. The Bertz CT molecular complexity index is 398. The summed E-state index contributed by atoms with van der Waals surface area (Å²) < 4.78 is 5.66. The zero-order valence-corrected chi connectivity index (χ0v) is 9.40. The summed E-state index contributed by atoms with van der Waals surface area (Å²) in [5.74, 6) is 0.0633. The first kappa shape index (κ1) is 11.0. The Kier molecular flexibility index (Phi) is 3.13. The zero-order valence-electron chi connectivity index (χ0n) is 9.40. The predicted octanol–water partition coefficient (Wildman–Crippen LogP) is 2.42. The molecule has 0 saturated heterocycles. The molecule has 1 aliphatic heterocycles. The third kappa shape index (κ3) is 2.35. The van der Waals surface area contributed by atoms with Gasteiger partial charge >= 0.3 is 5.97 Å².